The van der Waals surface area contributed by atoms with E-state index in [0.29, 0.717) is 0 Å². The van der Waals surface area contributed by atoms with Crippen molar-refractivity contribution in [1.29, 1.82) is 0 Å². The lowest BCUT2D eigenvalue weighted by Gasteiger charge is -2.12. The third-order valence-corrected chi connectivity index (χ3v) is 2.89. The first kappa shape index (κ1) is 10.0. The molecule has 3 rings (SSSR count). The molecule has 0 saturated heterocycles. The number of fused-ring (bicyclic) bond motifs is 1. The fraction of sp³-hybridized carbons (Fsp3) is 0.0625. The van der Waals surface area contributed by atoms with Crippen LogP contribution in [0.15, 0.2) is 54.7 Å². The van der Waals surface area contributed by atoms with Crippen LogP contribution in [0.25, 0.3) is 22.0 Å². The van der Waals surface area contributed by atoms with Crippen molar-refractivity contribution in [2.45, 2.75) is 6.92 Å². The molecule has 2 aromatic carbocycles. The van der Waals surface area contributed by atoms with E-state index in [2.05, 4.69) is 42.2 Å². The fourth-order valence-electron chi connectivity index (χ4n) is 2.05. The smallest absolute Gasteiger partial charge is 0.0167 e. The summed E-state index contributed by atoms with van der Waals surface area (Å²) in [5.41, 5.74) is 3.29. The Morgan fingerprint density at radius 2 is 1.94 bits per heavy atom. The zero-order chi connectivity index (χ0) is 11.7. The molecule has 0 aliphatic heterocycles. The van der Waals surface area contributed by atoms with Gasteiger partial charge in [0.2, 0.25) is 0 Å². The van der Waals surface area contributed by atoms with Crippen molar-refractivity contribution in [2.24, 2.45) is 0 Å². The Labute approximate surface area is 101 Å². The molecule has 0 bridgehead atoms. The Morgan fingerprint density at radius 1 is 1.06 bits per heavy atom. The molecular formula is C16H12N-. The molecule has 0 radical (unpaired) electrons. The van der Waals surface area contributed by atoms with Crippen LogP contribution >= 0.6 is 0 Å². The van der Waals surface area contributed by atoms with Crippen molar-refractivity contribution in [3.8, 4) is 11.3 Å². The molecule has 0 N–H and O–H groups in total. The highest BCUT2D eigenvalue weighted by Gasteiger charge is 1.98. The molecule has 0 amide bonds. The van der Waals surface area contributed by atoms with Crippen LogP contribution in [0.2, 0.25) is 0 Å². The van der Waals surface area contributed by atoms with Gasteiger partial charge in [-0.2, -0.15) is 0 Å². The molecule has 3 aromatic rings. The Morgan fingerprint density at radius 3 is 2.82 bits per heavy atom. The number of nitrogens with zero attached hydrogens (tertiary/aromatic N) is 1. The highest BCUT2D eigenvalue weighted by molar-refractivity contribution is 5.94. The molecule has 0 aliphatic rings. The number of pyridine rings is 1. The minimum Gasteiger partial charge on any atom is -0.304 e. The average molecular weight is 218 g/mol. The van der Waals surface area contributed by atoms with Crippen LogP contribution in [-0.2, 0) is 0 Å². The molecule has 0 aliphatic carbocycles. The molecule has 1 nitrogen and oxygen atoms in total. The van der Waals surface area contributed by atoms with Gasteiger partial charge in [0.05, 0.1) is 0 Å². The maximum atomic E-state index is 4.49. The van der Waals surface area contributed by atoms with Crippen LogP contribution in [0.5, 0.6) is 0 Å². The molecule has 17 heavy (non-hydrogen) atoms. The first-order valence-corrected chi connectivity index (χ1v) is 5.67. The van der Waals surface area contributed by atoms with Gasteiger partial charge in [-0.05, 0) is 22.5 Å². The molecule has 0 saturated carbocycles. The summed E-state index contributed by atoms with van der Waals surface area (Å²) < 4.78 is 0. The second kappa shape index (κ2) is 4.02. The SMILES string of the molecule is Cc1cc[c-]c(-c2nccc3ccccc23)c1. The maximum Gasteiger partial charge on any atom is 0.0167 e. The molecule has 1 aromatic heterocycles. The van der Waals surface area contributed by atoms with Crippen LogP contribution in [0.3, 0.4) is 0 Å². The van der Waals surface area contributed by atoms with Crippen LogP contribution in [0, 0.1) is 13.0 Å². The number of benzene rings is 2. The van der Waals surface area contributed by atoms with E-state index >= 15 is 0 Å². The van der Waals surface area contributed by atoms with Gasteiger partial charge in [-0.3, -0.25) is 0 Å². The minimum atomic E-state index is 1.01. The molecule has 0 spiro atoms. The monoisotopic (exact) mass is 218 g/mol. The normalized spacial score (nSPS) is 10.6. The van der Waals surface area contributed by atoms with E-state index in [1.54, 1.807) is 0 Å². The highest BCUT2D eigenvalue weighted by Crippen LogP contribution is 2.26. The summed E-state index contributed by atoms with van der Waals surface area (Å²) in [4.78, 5) is 4.49. The standard InChI is InChI=1S/C16H12N/c1-12-5-4-7-14(11-12)16-15-8-3-2-6-13(15)9-10-17-16/h2-6,8-11H,1H3/q-1. The number of hydrogen-bond acceptors (Lipinski definition) is 1. The van der Waals surface area contributed by atoms with Gasteiger partial charge in [0, 0.05) is 6.20 Å². The Hall–Kier alpha value is -2.15. The van der Waals surface area contributed by atoms with Crippen LogP contribution in [0.1, 0.15) is 5.56 Å². The first-order chi connectivity index (χ1) is 8.34. The summed E-state index contributed by atoms with van der Waals surface area (Å²) in [6, 6.07) is 19.7. The molecule has 82 valence electrons. The van der Waals surface area contributed by atoms with E-state index in [-0.39, 0.29) is 0 Å². The van der Waals surface area contributed by atoms with E-state index < -0.39 is 0 Å². The minimum absolute atomic E-state index is 1.01. The number of aryl methyl sites for hydroxylation is 1. The second-order valence-electron chi connectivity index (χ2n) is 4.16. The zero-order valence-electron chi connectivity index (χ0n) is 9.64. The second-order valence-corrected chi connectivity index (χ2v) is 4.16. The van der Waals surface area contributed by atoms with Crippen molar-refractivity contribution in [3.05, 3.63) is 66.4 Å². The Kier molecular flexibility index (Phi) is 2.37. The van der Waals surface area contributed by atoms with Gasteiger partial charge >= 0.3 is 0 Å². The van der Waals surface area contributed by atoms with Gasteiger partial charge in [-0.15, -0.1) is 35.4 Å². The average Bonchev–Trinajstić information content (AvgIpc) is 2.38. The van der Waals surface area contributed by atoms with Gasteiger partial charge < -0.3 is 4.98 Å². The zero-order valence-corrected chi connectivity index (χ0v) is 9.64. The Bertz CT molecular complexity index is 666. The summed E-state index contributed by atoms with van der Waals surface area (Å²) in [5, 5.41) is 2.39. The molecule has 0 fully saturated rings. The van der Waals surface area contributed by atoms with Crippen molar-refractivity contribution in [2.75, 3.05) is 0 Å². The van der Waals surface area contributed by atoms with Crippen molar-refractivity contribution >= 4 is 10.8 Å². The number of hydrogen-bond donors (Lipinski definition) is 0. The van der Waals surface area contributed by atoms with E-state index in [0.717, 1.165) is 11.3 Å². The van der Waals surface area contributed by atoms with Gasteiger partial charge in [-0.1, -0.05) is 31.2 Å². The van der Waals surface area contributed by atoms with Gasteiger partial charge in [0.15, 0.2) is 0 Å². The molecular weight excluding hydrogens is 206 g/mol. The van der Waals surface area contributed by atoms with Gasteiger partial charge in [0.1, 0.15) is 0 Å². The highest BCUT2D eigenvalue weighted by atomic mass is 14.7. The Balaban J connectivity index is 2.30. The fourth-order valence-corrected chi connectivity index (χ4v) is 2.05. The summed E-state index contributed by atoms with van der Waals surface area (Å²) in [5.74, 6) is 0. The number of rotatable bonds is 1. The van der Waals surface area contributed by atoms with E-state index in [1.807, 2.05) is 30.5 Å². The molecule has 1 heteroatoms. The molecule has 0 unspecified atom stereocenters. The van der Waals surface area contributed by atoms with Crippen molar-refractivity contribution in [1.82, 2.24) is 4.98 Å². The predicted molar refractivity (Wildman–Crippen MR) is 70.8 cm³/mol. The molecule has 0 atom stereocenters. The maximum absolute atomic E-state index is 4.49. The van der Waals surface area contributed by atoms with E-state index in [9.17, 15) is 0 Å². The van der Waals surface area contributed by atoms with Gasteiger partial charge in [0.25, 0.3) is 0 Å². The van der Waals surface area contributed by atoms with Crippen molar-refractivity contribution in [3.63, 3.8) is 0 Å². The summed E-state index contributed by atoms with van der Waals surface area (Å²) >= 11 is 0. The third-order valence-electron chi connectivity index (χ3n) is 2.89. The van der Waals surface area contributed by atoms with Crippen molar-refractivity contribution < 1.29 is 0 Å². The lowest BCUT2D eigenvalue weighted by Crippen LogP contribution is -1.86. The molecule has 1 heterocycles. The van der Waals surface area contributed by atoms with Gasteiger partial charge in [-0.25, -0.2) is 0 Å². The van der Waals surface area contributed by atoms with Crippen LogP contribution in [0.4, 0.5) is 0 Å². The predicted octanol–water partition coefficient (Wildman–Crippen LogP) is 4.01. The largest absolute Gasteiger partial charge is 0.304 e. The third kappa shape index (κ3) is 1.80. The quantitative estimate of drug-likeness (QED) is 0.562. The summed E-state index contributed by atoms with van der Waals surface area (Å²) in [6.45, 7) is 2.09. The van der Waals surface area contributed by atoms with Crippen LogP contribution < -0.4 is 0 Å². The lowest BCUT2D eigenvalue weighted by molar-refractivity contribution is 1.34. The topological polar surface area (TPSA) is 12.9 Å². The first-order valence-electron chi connectivity index (χ1n) is 5.67. The summed E-state index contributed by atoms with van der Waals surface area (Å²) in [6.07, 6.45) is 1.86. The number of aromatic nitrogens is 1. The van der Waals surface area contributed by atoms with E-state index in [1.165, 1.54) is 16.3 Å². The van der Waals surface area contributed by atoms with Crippen LogP contribution in [-0.4, -0.2) is 4.98 Å². The van der Waals surface area contributed by atoms with E-state index in [4.69, 9.17) is 0 Å². The summed E-state index contributed by atoms with van der Waals surface area (Å²) in [7, 11) is 0. The lowest BCUT2D eigenvalue weighted by atomic mass is 10.0.